The quantitative estimate of drug-likeness (QED) is 0.515. The Balaban J connectivity index is 2.07. The number of hydrogen-bond donors (Lipinski definition) is 1. The zero-order valence-electron chi connectivity index (χ0n) is 4.70. The summed E-state index contributed by atoms with van der Waals surface area (Å²) in [4.78, 5) is 0. The van der Waals surface area contributed by atoms with E-state index in [0.717, 1.165) is 6.54 Å². The maximum absolute atomic E-state index is 3.13. The van der Waals surface area contributed by atoms with Crippen molar-refractivity contribution in [1.29, 1.82) is 0 Å². The molecule has 1 nitrogen and oxygen atoms in total. The van der Waals surface area contributed by atoms with Crippen molar-refractivity contribution in [2.45, 2.75) is 19.8 Å². The van der Waals surface area contributed by atoms with Gasteiger partial charge >= 0.3 is 0 Å². The van der Waals surface area contributed by atoms with E-state index in [0.29, 0.717) is 0 Å². The zero-order chi connectivity index (χ0) is 5.11. The van der Waals surface area contributed by atoms with Gasteiger partial charge in [-0.3, -0.25) is 0 Å². The Labute approximate surface area is 44.4 Å². The standard InChI is InChI=1S/C6H11N/c1-2-3-4-6-5-7-6/h4,7H,2-3,5H2,1H3/b6-4-. The summed E-state index contributed by atoms with van der Waals surface area (Å²) in [6.07, 6.45) is 4.77. The smallest absolute Gasteiger partial charge is 0.0542 e. The molecule has 0 radical (unpaired) electrons. The van der Waals surface area contributed by atoms with Crippen molar-refractivity contribution < 1.29 is 0 Å². The Bertz CT molecular complexity index is 78.2. The second kappa shape index (κ2) is 2.01. The van der Waals surface area contributed by atoms with Gasteiger partial charge in [0.15, 0.2) is 0 Å². The SMILES string of the molecule is CCC/C=C1/CN1. The van der Waals surface area contributed by atoms with Gasteiger partial charge in [0.05, 0.1) is 6.54 Å². The molecule has 0 aliphatic carbocycles. The van der Waals surface area contributed by atoms with Crippen molar-refractivity contribution in [3.8, 4) is 0 Å². The van der Waals surface area contributed by atoms with E-state index < -0.39 is 0 Å². The largest absolute Gasteiger partial charge is 0.382 e. The third kappa shape index (κ3) is 1.62. The minimum absolute atomic E-state index is 1.14. The van der Waals surface area contributed by atoms with Crippen LogP contribution in [0, 0.1) is 0 Å². The molecule has 0 saturated carbocycles. The molecule has 0 amide bonds. The third-order valence-corrected chi connectivity index (χ3v) is 1.06. The molecule has 1 heterocycles. The van der Waals surface area contributed by atoms with E-state index >= 15 is 0 Å². The monoisotopic (exact) mass is 97.1 g/mol. The minimum Gasteiger partial charge on any atom is -0.382 e. The Morgan fingerprint density at radius 1 is 1.86 bits per heavy atom. The van der Waals surface area contributed by atoms with Crippen molar-refractivity contribution in [2.75, 3.05) is 6.54 Å². The Kier molecular flexibility index (Phi) is 1.35. The van der Waals surface area contributed by atoms with Crippen LogP contribution in [0.4, 0.5) is 0 Å². The highest BCUT2D eigenvalue weighted by atomic mass is 15.0. The first-order valence-corrected chi connectivity index (χ1v) is 2.86. The molecular formula is C6H11N. The number of nitrogens with one attached hydrogen (secondary N) is 1. The maximum atomic E-state index is 3.13. The molecule has 40 valence electrons. The van der Waals surface area contributed by atoms with Crippen molar-refractivity contribution in [3.05, 3.63) is 11.8 Å². The van der Waals surface area contributed by atoms with Gasteiger partial charge in [-0.15, -0.1) is 0 Å². The van der Waals surface area contributed by atoms with Gasteiger partial charge in [0.25, 0.3) is 0 Å². The Hall–Kier alpha value is -0.460. The van der Waals surface area contributed by atoms with E-state index in [9.17, 15) is 0 Å². The lowest BCUT2D eigenvalue weighted by molar-refractivity contribution is 0.955. The molecule has 0 aromatic carbocycles. The molecule has 1 aliphatic rings. The van der Waals surface area contributed by atoms with E-state index in [4.69, 9.17) is 0 Å². The van der Waals surface area contributed by atoms with Crippen molar-refractivity contribution in [1.82, 2.24) is 5.32 Å². The zero-order valence-corrected chi connectivity index (χ0v) is 4.70. The molecule has 0 aromatic heterocycles. The lowest BCUT2D eigenvalue weighted by Gasteiger charge is -1.76. The van der Waals surface area contributed by atoms with Gasteiger partial charge in [0.1, 0.15) is 0 Å². The highest BCUT2D eigenvalue weighted by molar-refractivity contribution is 5.15. The van der Waals surface area contributed by atoms with Crippen molar-refractivity contribution >= 4 is 0 Å². The number of unbranched alkanes of at least 4 members (excludes halogenated alkanes) is 1. The fraction of sp³-hybridized carbons (Fsp3) is 0.667. The normalized spacial score (nSPS) is 22.1. The molecule has 7 heavy (non-hydrogen) atoms. The first kappa shape index (κ1) is 4.69. The summed E-state index contributed by atoms with van der Waals surface area (Å²) < 4.78 is 0. The van der Waals surface area contributed by atoms with Crippen LogP contribution >= 0.6 is 0 Å². The molecular weight excluding hydrogens is 86.1 g/mol. The molecule has 1 fully saturated rings. The molecule has 1 heteroatoms. The number of allylic oxidation sites excluding steroid dienone is 1. The molecule has 0 bridgehead atoms. The van der Waals surface area contributed by atoms with E-state index in [1.54, 1.807) is 0 Å². The summed E-state index contributed by atoms with van der Waals surface area (Å²) in [6, 6.07) is 0. The first-order chi connectivity index (χ1) is 3.43. The van der Waals surface area contributed by atoms with Crippen LogP contribution in [-0.2, 0) is 0 Å². The molecule has 1 rings (SSSR count). The van der Waals surface area contributed by atoms with E-state index in [1.165, 1.54) is 18.5 Å². The summed E-state index contributed by atoms with van der Waals surface area (Å²) in [5.74, 6) is 0. The van der Waals surface area contributed by atoms with Gasteiger partial charge in [0, 0.05) is 5.70 Å². The van der Waals surface area contributed by atoms with Crippen molar-refractivity contribution in [2.24, 2.45) is 0 Å². The van der Waals surface area contributed by atoms with Gasteiger partial charge in [-0.05, 0) is 6.42 Å². The first-order valence-electron chi connectivity index (χ1n) is 2.86. The fourth-order valence-corrected chi connectivity index (χ4v) is 0.514. The van der Waals surface area contributed by atoms with E-state index in [2.05, 4.69) is 18.3 Å². The van der Waals surface area contributed by atoms with Crippen LogP contribution < -0.4 is 5.32 Å². The predicted octanol–water partition coefficient (Wildman–Crippen LogP) is 1.27. The van der Waals surface area contributed by atoms with Gasteiger partial charge in [-0.1, -0.05) is 19.4 Å². The van der Waals surface area contributed by atoms with Gasteiger partial charge < -0.3 is 5.32 Å². The van der Waals surface area contributed by atoms with E-state index in [-0.39, 0.29) is 0 Å². The number of rotatable bonds is 2. The number of hydrogen-bond acceptors (Lipinski definition) is 1. The van der Waals surface area contributed by atoms with Crippen molar-refractivity contribution in [3.63, 3.8) is 0 Å². The molecule has 1 aliphatic heterocycles. The second-order valence-electron chi connectivity index (χ2n) is 1.87. The van der Waals surface area contributed by atoms with Gasteiger partial charge in [-0.2, -0.15) is 0 Å². The van der Waals surface area contributed by atoms with Crippen LogP contribution in [0.3, 0.4) is 0 Å². The summed E-state index contributed by atoms with van der Waals surface area (Å²) in [6.45, 7) is 3.33. The van der Waals surface area contributed by atoms with Crippen LogP contribution in [0.5, 0.6) is 0 Å². The Morgan fingerprint density at radius 3 is 3.00 bits per heavy atom. The molecule has 0 aromatic rings. The fourth-order valence-electron chi connectivity index (χ4n) is 0.514. The van der Waals surface area contributed by atoms with Crippen LogP contribution in [0.15, 0.2) is 11.8 Å². The Morgan fingerprint density at radius 2 is 2.57 bits per heavy atom. The van der Waals surface area contributed by atoms with Crippen LogP contribution in [0.2, 0.25) is 0 Å². The predicted molar refractivity (Wildman–Crippen MR) is 31.0 cm³/mol. The molecule has 0 spiro atoms. The average molecular weight is 97.2 g/mol. The summed E-state index contributed by atoms with van der Waals surface area (Å²) >= 11 is 0. The molecule has 1 N–H and O–H groups in total. The summed E-state index contributed by atoms with van der Waals surface area (Å²) in [5.41, 5.74) is 1.43. The van der Waals surface area contributed by atoms with Gasteiger partial charge in [-0.25, -0.2) is 0 Å². The molecule has 1 saturated heterocycles. The lowest BCUT2D eigenvalue weighted by atomic mass is 10.3. The topological polar surface area (TPSA) is 21.9 Å². The van der Waals surface area contributed by atoms with Gasteiger partial charge in [0.2, 0.25) is 0 Å². The maximum Gasteiger partial charge on any atom is 0.0542 e. The molecule has 0 atom stereocenters. The van der Waals surface area contributed by atoms with Crippen LogP contribution in [0.1, 0.15) is 19.8 Å². The summed E-state index contributed by atoms with van der Waals surface area (Å²) in [7, 11) is 0. The van der Waals surface area contributed by atoms with E-state index in [1.807, 2.05) is 0 Å². The molecule has 0 unspecified atom stereocenters. The lowest BCUT2D eigenvalue weighted by Crippen LogP contribution is -1.63. The highest BCUT2D eigenvalue weighted by Crippen LogP contribution is 2.03. The van der Waals surface area contributed by atoms with Crippen LogP contribution in [0.25, 0.3) is 0 Å². The third-order valence-electron chi connectivity index (χ3n) is 1.06. The average Bonchev–Trinajstić information content (AvgIpc) is 2.42. The highest BCUT2D eigenvalue weighted by Gasteiger charge is 2.05. The minimum atomic E-state index is 1.14. The second-order valence-corrected chi connectivity index (χ2v) is 1.87. The van der Waals surface area contributed by atoms with Crippen LogP contribution in [-0.4, -0.2) is 6.54 Å². The summed E-state index contributed by atoms with van der Waals surface area (Å²) in [5, 5.41) is 3.13.